The van der Waals surface area contributed by atoms with E-state index in [1.807, 2.05) is 0 Å². The topological polar surface area (TPSA) is 52.3 Å². The number of anilines is 1. The third kappa shape index (κ3) is 3.41. The lowest BCUT2D eigenvalue weighted by molar-refractivity contribution is 0.0141. The van der Waals surface area contributed by atoms with Gasteiger partial charge in [0.25, 0.3) is 0 Å². The Bertz CT molecular complexity index is 461. The number of benzene rings is 1. The van der Waals surface area contributed by atoms with E-state index in [4.69, 9.17) is 22.1 Å². The highest BCUT2D eigenvalue weighted by atomic mass is 35.5. The Hall–Kier alpha value is -1.22. The number of carbonyl (C=O) groups is 1. The molecular weight excluding hydrogens is 262 g/mol. The third-order valence-corrected chi connectivity index (χ3v) is 4.19. The van der Waals surface area contributed by atoms with Crippen LogP contribution in [0.5, 0.6) is 0 Å². The van der Waals surface area contributed by atoms with Gasteiger partial charge in [0.1, 0.15) is 6.10 Å². The maximum Gasteiger partial charge on any atom is 0.340 e. The fraction of sp³-hybridized carbons (Fsp3) is 0.533. The van der Waals surface area contributed by atoms with Gasteiger partial charge in [0.2, 0.25) is 0 Å². The minimum atomic E-state index is -0.359. The molecule has 3 nitrogen and oxygen atoms in total. The van der Waals surface area contributed by atoms with E-state index in [1.165, 1.54) is 6.42 Å². The number of ether oxygens (including phenoxy) is 1. The molecule has 0 aliphatic heterocycles. The molecule has 1 fully saturated rings. The summed E-state index contributed by atoms with van der Waals surface area (Å²) in [6.45, 7) is 2.18. The predicted molar refractivity (Wildman–Crippen MR) is 77.3 cm³/mol. The van der Waals surface area contributed by atoms with Gasteiger partial charge in [0.15, 0.2) is 0 Å². The lowest BCUT2D eigenvalue weighted by Crippen LogP contribution is -2.25. The molecule has 4 heteroatoms. The molecular formula is C15H20ClNO2. The largest absolute Gasteiger partial charge is 0.459 e. The van der Waals surface area contributed by atoms with E-state index in [2.05, 4.69) is 6.92 Å². The maximum atomic E-state index is 12.1. The number of hydrogen-bond donors (Lipinski definition) is 1. The monoisotopic (exact) mass is 281 g/mol. The van der Waals surface area contributed by atoms with E-state index >= 15 is 0 Å². The fourth-order valence-corrected chi connectivity index (χ4v) is 2.82. The van der Waals surface area contributed by atoms with E-state index in [0.29, 0.717) is 22.2 Å². The number of carbonyl (C=O) groups excluding carboxylic acids is 1. The van der Waals surface area contributed by atoms with Gasteiger partial charge in [0, 0.05) is 0 Å². The van der Waals surface area contributed by atoms with Crippen molar-refractivity contribution in [3.05, 3.63) is 28.8 Å². The highest BCUT2D eigenvalue weighted by Crippen LogP contribution is 2.30. The van der Waals surface area contributed by atoms with Crippen molar-refractivity contribution in [2.24, 2.45) is 5.92 Å². The van der Waals surface area contributed by atoms with Crippen molar-refractivity contribution in [3.8, 4) is 0 Å². The van der Waals surface area contributed by atoms with Crippen molar-refractivity contribution >= 4 is 23.3 Å². The first-order valence-corrected chi connectivity index (χ1v) is 7.24. The van der Waals surface area contributed by atoms with Crippen molar-refractivity contribution in [2.45, 2.75) is 45.1 Å². The Balaban J connectivity index is 2.02. The Morgan fingerprint density at radius 1 is 1.47 bits per heavy atom. The second-order valence-corrected chi connectivity index (χ2v) is 5.58. The van der Waals surface area contributed by atoms with Gasteiger partial charge in [-0.05, 0) is 37.3 Å². The summed E-state index contributed by atoms with van der Waals surface area (Å²) in [7, 11) is 0. The molecule has 0 spiro atoms. The van der Waals surface area contributed by atoms with Gasteiger partial charge in [0.05, 0.1) is 16.3 Å². The number of halogens is 1. The van der Waals surface area contributed by atoms with E-state index in [9.17, 15) is 4.79 Å². The number of hydrogen-bond acceptors (Lipinski definition) is 3. The molecule has 2 rings (SSSR count). The average molecular weight is 282 g/mol. The van der Waals surface area contributed by atoms with Crippen LogP contribution in [-0.2, 0) is 4.74 Å². The number of esters is 1. The molecule has 104 valence electrons. The molecule has 0 heterocycles. The molecule has 2 atom stereocenters. The maximum absolute atomic E-state index is 12.1. The first kappa shape index (κ1) is 14.2. The number of para-hydroxylation sites is 1. The van der Waals surface area contributed by atoms with Crippen molar-refractivity contribution in [2.75, 3.05) is 5.73 Å². The zero-order chi connectivity index (χ0) is 13.8. The molecule has 0 radical (unpaired) electrons. The molecule has 19 heavy (non-hydrogen) atoms. The van der Waals surface area contributed by atoms with E-state index in [0.717, 1.165) is 25.7 Å². The van der Waals surface area contributed by atoms with Gasteiger partial charge in [-0.15, -0.1) is 0 Å². The van der Waals surface area contributed by atoms with Crippen LogP contribution in [0.4, 0.5) is 5.69 Å². The van der Waals surface area contributed by atoms with E-state index in [-0.39, 0.29) is 12.1 Å². The number of nitrogens with two attached hydrogens (primary N) is 1. The smallest absolute Gasteiger partial charge is 0.340 e. The van der Waals surface area contributed by atoms with Crippen LogP contribution in [0.2, 0.25) is 5.02 Å². The Morgan fingerprint density at radius 3 is 3.00 bits per heavy atom. The molecule has 0 amide bonds. The highest BCUT2D eigenvalue weighted by Gasteiger charge is 2.25. The predicted octanol–water partition coefficient (Wildman–Crippen LogP) is 4.05. The zero-order valence-electron chi connectivity index (χ0n) is 11.2. The van der Waals surface area contributed by atoms with Gasteiger partial charge in [-0.2, -0.15) is 0 Å². The first-order valence-electron chi connectivity index (χ1n) is 6.86. The molecule has 0 saturated heterocycles. The Morgan fingerprint density at radius 2 is 2.26 bits per heavy atom. The Labute approximate surface area is 119 Å². The van der Waals surface area contributed by atoms with Gasteiger partial charge < -0.3 is 10.5 Å². The van der Waals surface area contributed by atoms with Crippen LogP contribution in [0.3, 0.4) is 0 Å². The van der Waals surface area contributed by atoms with Crippen molar-refractivity contribution in [3.63, 3.8) is 0 Å². The van der Waals surface area contributed by atoms with Crippen molar-refractivity contribution in [1.29, 1.82) is 0 Å². The van der Waals surface area contributed by atoms with Crippen LogP contribution in [0.25, 0.3) is 0 Å². The molecule has 1 aliphatic rings. The molecule has 2 unspecified atom stereocenters. The number of nitrogen functional groups attached to an aromatic ring is 1. The van der Waals surface area contributed by atoms with E-state index in [1.54, 1.807) is 18.2 Å². The van der Waals surface area contributed by atoms with Crippen LogP contribution in [0.1, 0.15) is 49.4 Å². The lowest BCUT2D eigenvalue weighted by atomic mass is 9.85. The fourth-order valence-electron chi connectivity index (χ4n) is 2.65. The van der Waals surface area contributed by atoms with Gasteiger partial charge >= 0.3 is 5.97 Å². The molecule has 0 bridgehead atoms. The standard InChI is InChI=1S/C15H20ClNO2/c1-2-10-5-3-6-11(9-10)19-15(18)12-7-4-8-13(16)14(12)17/h4,7-8,10-11H,2-3,5-6,9,17H2,1H3. The summed E-state index contributed by atoms with van der Waals surface area (Å²) in [4.78, 5) is 12.1. The van der Waals surface area contributed by atoms with Crippen molar-refractivity contribution < 1.29 is 9.53 Å². The van der Waals surface area contributed by atoms with Crippen LogP contribution >= 0.6 is 11.6 Å². The van der Waals surface area contributed by atoms with Crippen LogP contribution < -0.4 is 5.73 Å². The summed E-state index contributed by atoms with van der Waals surface area (Å²) in [5.74, 6) is 0.310. The van der Waals surface area contributed by atoms with Gasteiger partial charge in [-0.1, -0.05) is 37.4 Å². The molecule has 1 aliphatic carbocycles. The quantitative estimate of drug-likeness (QED) is 0.672. The van der Waals surface area contributed by atoms with Crippen molar-refractivity contribution in [1.82, 2.24) is 0 Å². The lowest BCUT2D eigenvalue weighted by Gasteiger charge is -2.28. The van der Waals surface area contributed by atoms with Crippen LogP contribution in [-0.4, -0.2) is 12.1 Å². The average Bonchev–Trinajstić information content (AvgIpc) is 2.42. The van der Waals surface area contributed by atoms with Gasteiger partial charge in [-0.3, -0.25) is 0 Å². The summed E-state index contributed by atoms with van der Waals surface area (Å²) >= 11 is 5.91. The van der Waals surface area contributed by atoms with Crippen LogP contribution in [0.15, 0.2) is 18.2 Å². The summed E-state index contributed by atoms with van der Waals surface area (Å²) in [6.07, 6.45) is 5.44. The summed E-state index contributed by atoms with van der Waals surface area (Å²) in [5.41, 5.74) is 6.48. The van der Waals surface area contributed by atoms with Crippen LogP contribution in [0, 0.1) is 5.92 Å². The highest BCUT2D eigenvalue weighted by molar-refractivity contribution is 6.33. The molecule has 1 saturated carbocycles. The minimum absolute atomic E-state index is 0.0181. The Kier molecular flexibility index (Phi) is 4.70. The molecule has 1 aromatic rings. The molecule has 2 N–H and O–H groups in total. The summed E-state index contributed by atoms with van der Waals surface area (Å²) in [5, 5.41) is 0.393. The first-order chi connectivity index (χ1) is 9.11. The number of rotatable bonds is 3. The SMILES string of the molecule is CCC1CCCC(OC(=O)c2cccc(Cl)c2N)C1. The van der Waals surface area contributed by atoms with Gasteiger partial charge in [-0.25, -0.2) is 4.79 Å². The molecule has 1 aromatic carbocycles. The van der Waals surface area contributed by atoms with E-state index < -0.39 is 0 Å². The minimum Gasteiger partial charge on any atom is -0.459 e. The molecule has 0 aromatic heterocycles. The summed E-state index contributed by atoms with van der Waals surface area (Å²) in [6, 6.07) is 5.04. The third-order valence-electron chi connectivity index (χ3n) is 3.86. The summed E-state index contributed by atoms with van der Waals surface area (Å²) < 4.78 is 5.57. The second kappa shape index (κ2) is 6.29. The zero-order valence-corrected chi connectivity index (χ0v) is 12.0. The normalized spacial score (nSPS) is 23.1. The second-order valence-electron chi connectivity index (χ2n) is 5.17.